The second kappa shape index (κ2) is 13.0. The highest BCUT2D eigenvalue weighted by atomic mass is 28.3. The molecule has 0 fully saturated rings. The lowest BCUT2D eigenvalue weighted by Gasteiger charge is -2.28. The molecule has 0 saturated heterocycles. The lowest BCUT2D eigenvalue weighted by molar-refractivity contribution is 1.17. The molecule has 2 aliphatic rings. The Labute approximate surface area is 366 Å². The van der Waals surface area contributed by atoms with E-state index in [4.69, 9.17) is 0 Å². The van der Waals surface area contributed by atoms with Crippen LogP contribution in [-0.4, -0.2) is 17.2 Å². The van der Waals surface area contributed by atoms with Crippen molar-refractivity contribution in [1.82, 2.24) is 9.13 Å². The van der Waals surface area contributed by atoms with Gasteiger partial charge in [0.1, 0.15) is 0 Å². The van der Waals surface area contributed by atoms with E-state index in [1.807, 2.05) is 0 Å². The van der Waals surface area contributed by atoms with Crippen LogP contribution in [0.15, 0.2) is 231 Å². The van der Waals surface area contributed by atoms with Crippen LogP contribution in [0, 0.1) is 0 Å². The Bertz CT molecular complexity index is 3790. The normalized spacial score (nSPS) is 13.2. The second-order valence-electron chi connectivity index (χ2n) is 17.2. The highest BCUT2D eigenvalue weighted by Gasteiger charge is 2.53. The molecule has 63 heavy (non-hydrogen) atoms. The minimum absolute atomic E-state index is 1.15. The smallest absolute Gasteiger partial charge is 0.182 e. The molecule has 1 spiro atoms. The van der Waals surface area contributed by atoms with Gasteiger partial charge in [0.25, 0.3) is 0 Å². The van der Waals surface area contributed by atoms with E-state index in [-0.39, 0.29) is 0 Å². The van der Waals surface area contributed by atoms with Gasteiger partial charge >= 0.3 is 0 Å². The molecule has 0 N–H and O–H groups in total. The van der Waals surface area contributed by atoms with Crippen molar-refractivity contribution in [3.8, 4) is 55.9 Å². The molecule has 0 bridgehead atoms. The first-order chi connectivity index (χ1) is 31.3. The van der Waals surface area contributed by atoms with E-state index in [2.05, 4.69) is 240 Å². The molecule has 0 saturated carbocycles. The number of fused-ring (bicyclic) bond motifs is 17. The zero-order valence-electron chi connectivity index (χ0n) is 34.3. The van der Waals surface area contributed by atoms with E-state index in [1.54, 1.807) is 0 Å². The molecule has 3 heteroatoms. The van der Waals surface area contributed by atoms with E-state index in [9.17, 15) is 0 Å². The van der Waals surface area contributed by atoms with Crippen molar-refractivity contribution in [2.75, 3.05) is 0 Å². The Morgan fingerprint density at radius 3 is 1.25 bits per heavy atom. The van der Waals surface area contributed by atoms with Gasteiger partial charge in [0, 0.05) is 32.9 Å². The summed E-state index contributed by atoms with van der Waals surface area (Å²) < 4.78 is 5.00. The van der Waals surface area contributed by atoms with Crippen molar-refractivity contribution in [3.05, 3.63) is 231 Å². The number of benzene rings is 10. The first-order valence-electron chi connectivity index (χ1n) is 21.9. The maximum atomic E-state index is 2.57. The summed E-state index contributed by atoms with van der Waals surface area (Å²) in [4.78, 5) is 0. The summed E-state index contributed by atoms with van der Waals surface area (Å²) in [5.74, 6) is 0. The highest BCUT2D eigenvalue weighted by Crippen LogP contribution is 2.44. The number of nitrogens with zero attached hydrogens (tertiary/aromatic N) is 2. The third-order valence-corrected chi connectivity index (χ3v) is 19.1. The zero-order chi connectivity index (χ0) is 41.2. The molecule has 14 rings (SSSR count). The van der Waals surface area contributed by atoms with Gasteiger partial charge in [0.15, 0.2) is 8.07 Å². The second-order valence-corrected chi connectivity index (χ2v) is 20.8. The molecule has 10 aromatic carbocycles. The average molecular weight is 815 g/mol. The molecular weight excluding hydrogens is 777 g/mol. The van der Waals surface area contributed by atoms with Crippen LogP contribution in [0.4, 0.5) is 0 Å². The minimum atomic E-state index is -2.61. The Balaban J connectivity index is 0.987. The third kappa shape index (κ3) is 4.66. The van der Waals surface area contributed by atoms with Crippen molar-refractivity contribution >= 4 is 72.4 Å². The molecular formula is C60H38N2Si. The first-order valence-corrected chi connectivity index (χ1v) is 23.9. The molecule has 2 nitrogen and oxygen atoms in total. The van der Waals surface area contributed by atoms with Crippen LogP contribution in [0.25, 0.3) is 99.5 Å². The summed E-state index contributed by atoms with van der Waals surface area (Å²) >= 11 is 0. The molecule has 0 amide bonds. The van der Waals surface area contributed by atoms with Crippen LogP contribution in [0.3, 0.4) is 0 Å². The van der Waals surface area contributed by atoms with Crippen molar-refractivity contribution in [2.24, 2.45) is 0 Å². The fraction of sp³-hybridized carbons (Fsp3) is 0. The van der Waals surface area contributed by atoms with Crippen molar-refractivity contribution < 1.29 is 0 Å². The number of hydrogen-bond donors (Lipinski definition) is 0. The molecule has 2 aliphatic heterocycles. The predicted molar refractivity (Wildman–Crippen MR) is 268 cm³/mol. The van der Waals surface area contributed by atoms with Gasteiger partial charge in [-0.1, -0.05) is 182 Å². The number of aromatic nitrogens is 2. The monoisotopic (exact) mass is 814 g/mol. The van der Waals surface area contributed by atoms with Crippen LogP contribution in [-0.2, 0) is 0 Å². The van der Waals surface area contributed by atoms with Crippen LogP contribution >= 0.6 is 0 Å². The van der Waals surface area contributed by atoms with Gasteiger partial charge in [-0.05, 0) is 114 Å². The van der Waals surface area contributed by atoms with E-state index in [0.29, 0.717) is 0 Å². The van der Waals surface area contributed by atoms with Gasteiger partial charge in [0.05, 0.1) is 22.1 Å². The van der Waals surface area contributed by atoms with E-state index in [1.165, 1.54) is 115 Å². The average Bonchev–Trinajstić information content (AvgIpc) is 4.06. The Morgan fingerprint density at radius 2 is 0.683 bits per heavy atom. The van der Waals surface area contributed by atoms with E-state index < -0.39 is 8.07 Å². The van der Waals surface area contributed by atoms with Gasteiger partial charge < -0.3 is 9.13 Å². The van der Waals surface area contributed by atoms with Gasteiger partial charge in [-0.2, -0.15) is 0 Å². The fourth-order valence-corrected chi connectivity index (χ4v) is 17.2. The summed E-state index contributed by atoms with van der Waals surface area (Å²) in [7, 11) is -2.61. The van der Waals surface area contributed by atoms with E-state index in [0.717, 1.165) is 5.69 Å². The molecule has 0 unspecified atom stereocenters. The Kier molecular flexibility index (Phi) is 7.17. The Hall–Kier alpha value is -7.98. The number of rotatable bonds is 4. The van der Waals surface area contributed by atoms with Gasteiger partial charge in [-0.15, -0.1) is 0 Å². The molecule has 4 heterocycles. The molecule has 2 aromatic heterocycles. The fourth-order valence-electron chi connectivity index (χ4n) is 11.6. The molecule has 0 aliphatic carbocycles. The number of para-hydroxylation sites is 2. The van der Waals surface area contributed by atoms with Gasteiger partial charge in [0.2, 0.25) is 0 Å². The van der Waals surface area contributed by atoms with Gasteiger partial charge in [-0.25, -0.2) is 0 Å². The summed E-state index contributed by atoms with van der Waals surface area (Å²) in [5.41, 5.74) is 17.6. The molecule has 0 radical (unpaired) electrons. The Morgan fingerprint density at radius 1 is 0.254 bits per heavy atom. The minimum Gasteiger partial charge on any atom is -0.309 e. The summed E-state index contributed by atoms with van der Waals surface area (Å²) in [6.07, 6.45) is 0. The van der Waals surface area contributed by atoms with Crippen molar-refractivity contribution in [3.63, 3.8) is 0 Å². The molecule has 0 atom stereocenters. The van der Waals surface area contributed by atoms with Crippen LogP contribution in [0.1, 0.15) is 0 Å². The quantitative estimate of drug-likeness (QED) is 0.157. The third-order valence-electron chi connectivity index (χ3n) is 14.1. The summed E-state index contributed by atoms with van der Waals surface area (Å²) in [6, 6.07) is 86.3. The molecule has 12 aromatic rings. The SMILES string of the molecule is c1ccc(-c2ccc(-c3cccc(-n4c5ccccc5c5c6c7ccccc7n(-c7ccc8c(c7)[Si]7(c9ccccc9-c9ccccc97)c7ccccc7-8)c6ccc54)c3)cc2)cc1. The van der Waals surface area contributed by atoms with Crippen LogP contribution in [0.2, 0.25) is 0 Å². The van der Waals surface area contributed by atoms with Gasteiger partial charge in [-0.3, -0.25) is 0 Å². The van der Waals surface area contributed by atoms with Crippen LogP contribution in [0.5, 0.6) is 0 Å². The highest BCUT2D eigenvalue weighted by molar-refractivity contribution is 7.24. The summed E-state index contributed by atoms with van der Waals surface area (Å²) in [5, 5.41) is 11.1. The largest absolute Gasteiger partial charge is 0.309 e. The lowest BCUT2D eigenvalue weighted by atomic mass is 10.00. The van der Waals surface area contributed by atoms with Crippen LogP contribution < -0.4 is 20.7 Å². The van der Waals surface area contributed by atoms with Crippen molar-refractivity contribution in [2.45, 2.75) is 0 Å². The maximum Gasteiger partial charge on any atom is 0.182 e. The zero-order valence-corrected chi connectivity index (χ0v) is 35.3. The first kappa shape index (κ1) is 34.7. The maximum absolute atomic E-state index is 2.61. The lowest BCUT2D eigenvalue weighted by Crippen LogP contribution is -2.70. The van der Waals surface area contributed by atoms with E-state index >= 15 is 0 Å². The predicted octanol–water partition coefficient (Wildman–Crippen LogP) is 12.6. The standard InChI is InChI=1S/C60H38N2Si/c1-2-15-39(16-3-1)40-29-31-41(32-30-40)42-17-14-18-43(37-42)61-51-24-9-4-22-49(51)59-53(61)35-36-54-60(59)50-23-5-10-25-52(50)62(54)44-33-34-48-47-21-8-13-28-57(47)63(58(48)38-44)55-26-11-6-19-45(55)46-20-7-12-27-56(46)63/h1-38H. The molecule has 292 valence electrons. The number of hydrogen-bond acceptors (Lipinski definition) is 0. The summed E-state index contributed by atoms with van der Waals surface area (Å²) in [6.45, 7) is 0. The topological polar surface area (TPSA) is 9.86 Å². The van der Waals surface area contributed by atoms with Crippen molar-refractivity contribution in [1.29, 1.82) is 0 Å².